The van der Waals surface area contributed by atoms with E-state index < -0.39 is 5.54 Å². The van der Waals surface area contributed by atoms with Crippen LogP contribution >= 0.6 is 11.6 Å². The molecule has 0 amide bonds. The first-order valence-electron chi connectivity index (χ1n) is 6.61. The number of rotatable bonds is 3. The molecule has 0 radical (unpaired) electrons. The highest BCUT2D eigenvalue weighted by molar-refractivity contribution is 6.30. The van der Waals surface area contributed by atoms with Crippen LogP contribution in [-0.2, 0) is 12.0 Å². The molecule has 3 heteroatoms. The first-order valence-corrected chi connectivity index (χ1v) is 6.98. The lowest BCUT2D eigenvalue weighted by atomic mass is 9.85. The normalized spacial score (nSPS) is 14.1. The van der Waals surface area contributed by atoms with E-state index in [9.17, 15) is 4.39 Å². The molecule has 0 saturated carbocycles. The molecule has 2 rings (SSSR count). The highest BCUT2D eigenvalue weighted by atomic mass is 35.5. The molecule has 2 N–H and O–H groups in total. The number of hydrogen-bond acceptors (Lipinski definition) is 1. The Labute approximate surface area is 124 Å². The molecule has 1 unspecified atom stereocenters. The molecule has 0 aliphatic rings. The summed E-state index contributed by atoms with van der Waals surface area (Å²) in [5, 5.41) is 0.137. The summed E-state index contributed by atoms with van der Waals surface area (Å²) in [5.41, 5.74) is 9.71. The number of halogens is 2. The first kappa shape index (κ1) is 15.0. The predicted octanol–water partition coefficient (Wildman–Crippen LogP) is 4.51. The van der Waals surface area contributed by atoms with Crippen molar-refractivity contribution >= 4 is 11.6 Å². The fraction of sp³-hybridized carbons (Fsp3) is 0.294. The van der Waals surface area contributed by atoms with E-state index in [1.54, 1.807) is 18.2 Å². The first-order chi connectivity index (χ1) is 9.31. The van der Waals surface area contributed by atoms with Gasteiger partial charge < -0.3 is 5.73 Å². The summed E-state index contributed by atoms with van der Waals surface area (Å²) in [6.45, 7) is 6.02. The molecule has 2 aromatic rings. The van der Waals surface area contributed by atoms with Crippen molar-refractivity contribution in [2.75, 3.05) is 0 Å². The second-order valence-electron chi connectivity index (χ2n) is 5.61. The zero-order valence-electron chi connectivity index (χ0n) is 12.0. The molecule has 0 saturated heterocycles. The molecule has 1 nitrogen and oxygen atoms in total. The van der Waals surface area contributed by atoms with Gasteiger partial charge in [0.05, 0.1) is 5.02 Å². The fourth-order valence-corrected chi connectivity index (χ4v) is 2.47. The summed E-state index contributed by atoms with van der Waals surface area (Å²) >= 11 is 5.82. The topological polar surface area (TPSA) is 26.0 Å². The van der Waals surface area contributed by atoms with E-state index >= 15 is 0 Å². The number of aryl methyl sites for hydroxylation is 2. The van der Waals surface area contributed by atoms with Crippen LogP contribution in [0.4, 0.5) is 4.39 Å². The Hall–Kier alpha value is -1.38. The Morgan fingerprint density at radius 3 is 2.50 bits per heavy atom. The third-order valence-electron chi connectivity index (χ3n) is 3.76. The molecule has 0 aromatic heterocycles. The van der Waals surface area contributed by atoms with Gasteiger partial charge >= 0.3 is 0 Å². The van der Waals surface area contributed by atoms with Crippen molar-refractivity contribution in [3.8, 4) is 0 Å². The van der Waals surface area contributed by atoms with Crippen LogP contribution in [0.15, 0.2) is 36.4 Å². The van der Waals surface area contributed by atoms with E-state index in [4.69, 9.17) is 17.3 Å². The van der Waals surface area contributed by atoms with E-state index in [1.807, 2.05) is 19.1 Å². The molecule has 0 heterocycles. The van der Waals surface area contributed by atoms with Gasteiger partial charge in [0.1, 0.15) is 5.82 Å². The van der Waals surface area contributed by atoms with Crippen molar-refractivity contribution in [1.29, 1.82) is 0 Å². The molecule has 0 fully saturated rings. The van der Waals surface area contributed by atoms with Gasteiger partial charge in [0.25, 0.3) is 0 Å². The van der Waals surface area contributed by atoms with Gasteiger partial charge in [-0.15, -0.1) is 0 Å². The van der Waals surface area contributed by atoms with Crippen LogP contribution in [-0.4, -0.2) is 0 Å². The minimum absolute atomic E-state index is 0.137. The SMILES string of the molecule is Cc1ccc(C(C)(N)Cc2cccc(Cl)c2F)cc1C. The molecule has 1 atom stereocenters. The second-order valence-corrected chi connectivity index (χ2v) is 6.01. The molecular formula is C17H19ClFN. The monoisotopic (exact) mass is 291 g/mol. The van der Waals surface area contributed by atoms with Gasteiger partial charge in [0.15, 0.2) is 0 Å². The standard InChI is InChI=1S/C17H19ClFN/c1-11-7-8-14(9-12(11)2)17(3,20)10-13-5-4-6-15(18)16(13)19/h4-9H,10,20H2,1-3H3. The van der Waals surface area contributed by atoms with Crippen molar-refractivity contribution in [2.45, 2.75) is 32.7 Å². The Kier molecular flexibility index (Phi) is 4.17. The van der Waals surface area contributed by atoms with E-state index in [0.717, 1.165) is 5.56 Å². The molecule has 0 bridgehead atoms. The van der Waals surface area contributed by atoms with Crippen molar-refractivity contribution in [3.05, 3.63) is 69.5 Å². The summed E-state index contributed by atoms with van der Waals surface area (Å²) in [6.07, 6.45) is 0.405. The molecule has 0 aliphatic carbocycles. The minimum atomic E-state index is -0.635. The average molecular weight is 292 g/mol. The summed E-state index contributed by atoms with van der Waals surface area (Å²) in [6, 6.07) is 11.1. The second kappa shape index (κ2) is 5.55. The van der Waals surface area contributed by atoms with Crippen LogP contribution in [0.25, 0.3) is 0 Å². The highest BCUT2D eigenvalue weighted by Gasteiger charge is 2.24. The lowest BCUT2D eigenvalue weighted by Crippen LogP contribution is -2.35. The zero-order valence-corrected chi connectivity index (χ0v) is 12.8. The van der Waals surface area contributed by atoms with E-state index in [2.05, 4.69) is 19.9 Å². The predicted molar refractivity (Wildman–Crippen MR) is 82.6 cm³/mol. The van der Waals surface area contributed by atoms with Crippen molar-refractivity contribution in [3.63, 3.8) is 0 Å². The van der Waals surface area contributed by atoms with Crippen LogP contribution in [0.3, 0.4) is 0 Å². The number of nitrogens with two attached hydrogens (primary N) is 1. The van der Waals surface area contributed by atoms with Crippen molar-refractivity contribution in [1.82, 2.24) is 0 Å². The Morgan fingerprint density at radius 1 is 1.15 bits per heavy atom. The van der Waals surface area contributed by atoms with Gasteiger partial charge in [-0.1, -0.05) is 41.9 Å². The van der Waals surface area contributed by atoms with E-state index in [0.29, 0.717) is 12.0 Å². The van der Waals surface area contributed by atoms with Gasteiger partial charge in [0, 0.05) is 5.54 Å². The summed E-state index contributed by atoms with van der Waals surface area (Å²) < 4.78 is 14.0. The maximum atomic E-state index is 14.0. The summed E-state index contributed by atoms with van der Waals surface area (Å²) in [5.74, 6) is -0.380. The highest BCUT2D eigenvalue weighted by Crippen LogP contribution is 2.27. The Balaban J connectivity index is 2.35. The third-order valence-corrected chi connectivity index (χ3v) is 4.05. The van der Waals surface area contributed by atoms with Gasteiger partial charge in [0.2, 0.25) is 0 Å². The largest absolute Gasteiger partial charge is 0.321 e. The third kappa shape index (κ3) is 3.02. The summed E-state index contributed by atoms with van der Waals surface area (Å²) in [7, 11) is 0. The van der Waals surface area contributed by atoms with Gasteiger partial charge in [-0.25, -0.2) is 4.39 Å². The van der Waals surface area contributed by atoms with Crippen LogP contribution in [0.1, 0.15) is 29.2 Å². The smallest absolute Gasteiger partial charge is 0.145 e. The number of benzene rings is 2. The van der Waals surface area contributed by atoms with Gasteiger partial charge in [-0.2, -0.15) is 0 Å². The van der Waals surface area contributed by atoms with Gasteiger partial charge in [-0.3, -0.25) is 0 Å². The van der Waals surface area contributed by atoms with Crippen LogP contribution < -0.4 is 5.73 Å². The minimum Gasteiger partial charge on any atom is -0.321 e. The molecule has 106 valence electrons. The van der Waals surface area contributed by atoms with Crippen LogP contribution in [0.5, 0.6) is 0 Å². The van der Waals surface area contributed by atoms with E-state index in [-0.39, 0.29) is 10.8 Å². The molecule has 20 heavy (non-hydrogen) atoms. The lowest BCUT2D eigenvalue weighted by Gasteiger charge is -2.26. The quantitative estimate of drug-likeness (QED) is 0.884. The molecule has 0 aliphatic heterocycles. The fourth-order valence-electron chi connectivity index (χ4n) is 2.28. The molecular weight excluding hydrogens is 273 g/mol. The molecule has 0 spiro atoms. The van der Waals surface area contributed by atoms with Crippen molar-refractivity contribution < 1.29 is 4.39 Å². The Morgan fingerprint density at radius 2 is 1.85 bits per heavy atom. The maximum Gasteiger partial charge on any atom is 0.145 e. The van der Waals surface area contributed by atoms with Crippen LogP contribution in [0.2, 0.25) is 5.02 Å². The van der Waals surface area contributed by atoms with Gasteiger partial charge in [-0.05, 0) is 55.5 Å². The van der Waals surface area contributed by atoms with E-state index in [1.165, 1.54) is 11.1 Å². The number of hydrogen-bond donors (Lipinski definition) is 1. The average Bonchev–Trinajstić information content (AvgIpc) is 2.38. The Bertz CT molecular complexity index is 635. The summed E-state index contributed by atoms with van der Waals surface area (Å²) in [4.78, 5) is 0. The van der Waals surface area contributed by atoms with Crippen LogP contribution in [0, 0.1) is 19.7 Å². The maximum absolute atomic E-state index is 14.0. The zero-order chi connectivity index (χ0) is 14.9. The molecule has 2 aromatic carbocycles. The van der Waals surface area contributed by atoms with Crippen molar-refractivity contribution in [2.24, 2.45) is 5.73 Å². The lowest BCUT2D eigenvalue weighted by molar-refractivity contribution is 0.475.